The highest BCUT2D eigenvalue weighted by Gasteiger charge is 2.37. The maximum absolute atomic E-state index is 13.9. The second-order valence-electron chi connectivity index (χ2n) is 9.29. The minimum Gasteiger partial charge on any atom is -0.504 e. The molecule has 1 heterocycles. The van der Waals surface area contributed by atoms with E-state index >= 15 is 0 Å². The van der Waals surface area contributed by atoms with Gasteiger partial charge >= 0.3 is 0 Å². The van der Waals surface area contributed by atoms with Crippen LogP contribution in [-0.4, -0.2) is 38.8 Å². The average Bonchev–Trinajstić information content (AvgIpc) is 3.10. The second kappa shape index (κ2) is 10.6. The van der Waals surface area contributed by atoms with Gasteiger partial charge in [0, 0.05) is 17.7 Å². The first-order chi connectivity index (χ1) is 18.5. The summed E-state index contributed by atoms with van der Waals surface area (Å²) in [5.41, 5.74) is 5.08. The normalized spacial score (nSPS) is 18.4. The third-order valence-electron chi connectivity index (χ3n) is 7.08. The number of benzene rings is 3. The number of aromatic hydroxyl groups is 1. The molecule has 198 valence electrons. The van der Waals surface area contributed by atoms with Gasteiger partial charge < -0.3 is 34.7 Å². The Morgan fingerprint density at radius 2 is 1.55 bits per heavy atom. The molecule has 38 heavy (non-hydrogen) atoms. The van der Waals surface area contributed by atoms with E-state index in [0.717, 1.165) is 28.2 Å². The Kier molecular flexibility index (Phi) is 7.05. The van der Waals surface area contributed by atoms with Crippen molar-refractivity contribution in [2.24, 2.45) is 0 Å². The van der Waals surface area contributed by atoms with E-state index in [0.29, 0.717) is 48.0 Å². The van der Waals surface area contributed by atoms with E-state index in [-0.39, 0.29) is 17.5 Å². The molecule has 0 spiro atoms. The van der Waals surface area contributed by atoms with Crippen molar-refractivity contribution in [3.05, 3.63) is 77.0 Å². The zero-order chi connectivity index (χ0) is 26.8. The molecular weight excluding hydrogens is 484 g/mol. The van der Waals surface area contributed by atoms with Crippen LogP contribution >= 0.6 is 0 Å². The van der Waals surface area contributed by atoms with Gasteiger partial charge in [0.1, 0.15) is 0 Å². The molecule has 2 aliphatic rings. The number of fused-ring (bicyclic) bond motifs is 1. The summed E-state index contributed by atoms with van der Waals surface area (Å²) in [6.07, 6.45) is 0.937. The Hall–Kier alpha value is -4.33. The van der Waals surface area contributed by atoms with Gasteiger partial charge in [0.05, 0.1) is 45.4 Å². The molecule has 0 fully saturated rings. The van der Waals surface area contributed by atoms with Crippen molar-refractivity contribution in [2.45, 2.75) is 31.7 Å². The van der Waals surface area contributed by atoms with Gasteiger partial charge in [-0.2, -0.15) is 0 Å². The largest absolute Gasteiger partial charge is 0.504 e. The van der Waals surface area contributed by atoms with Crippen LogP contribution in [0.15, 0.2) is 65.9 Å². The van der Waals surface area contributed by atoms with Gasteiger partial charge in [0.2, 0.25) is 5.75 Å². The fraction of sp³-hybridized carbons (Fsp3) is 0.300. The summed E-state index contributed by atoms with van der Waals surface area (Å²) in [6, 6.07) is 16.5. The van der Waals surface area contributed by atoms with Gasteiger partial charge in [-0.05, 0) is 66.8 Å². The number of anilines is 2. The van der Waals surface area contributed by atoms with Crippen molar-refractivity contribution in [2.75, 3.05) is 38.6 Å². The highest BCUT2D eigenvalue weighted by atomic mass is 16.5. The van der Waals surface area contributed by atoms with Gasteiger partial charge in [-0.3, -0.25) is 4.79 Å². The van der Waals surface area contributed by atoms with Crippen molar-refractivity contribution < 1.29 is 28.8 Å². The van der Waals surface area contributed by atoms with Crippen LogP contribution in [0.4, 0.5) is 11.4 Å². The van der Waals surface area contributed by atoms with E-state index in [9.17, 15) is 9.90 Å². The molecule has 0 bridgehead atoms. The van der Waals surface area contributed by atoms with E-state index in [4.69, 9.17) is 18.9 Å². The number of hydrogen-bond acceptors (Lipinski definition) is 8. The molecule has 3 aromatic rings. The minimum absolute atomic E-state index is 0.0360. The predicted molar refractivity (Wildman–Crippen MR) is 146 cm³/mol. The molecule has 2 atom stereocenters. The average molecular weight is 517 g/mol. The summed E-state index contributed by atoms with van der Waals surface area (Å²) < 4.78 is 22.3. The third-order valence-corrected chi connectivity index (χ3v) is 7.08. The smallest absolute Gasteiger partial charge is 0.203 e. The van der Waals surface area contributed by atoms with Crippen molar-refractivity contribution in [1.29, 1.82) is 0 Å². The number of hydrogen-bond donors (Lipinski definition) is 3. The fourth-order valence-electron chi connectivity index (χ4n) is 5.30. The number of nitrogens with one attached hydrogen (secondary N) is 2. The molecule has 8 nitrogen and oxygen atoms in total. The van der Waals surface area contributed by atoms with E-state index in [2.05, 4.69) is 10.6 Å². The molecule has 1 aliphatic heterocycles. The lowest BCUT2D eigenvalue weighted by Crippen LogP contribution is -2.27. The number of ketones is 1. The number of rotatable bonds is 7. The number of phenols is 1. The first-order valence-electron chi connectivity index (χ1n) is 12.6. The van der Waals surface area contributed by atoms with Gasteiger partial charge in [-0.15, -0.1) is 0 Å². The monoisotopic (exact) mass is 516 g/mol. The van der Waals surface area contributed by atoms with Crippen LogP contribution in [0.1, 0.15) is 42.9 Å². The van der Waals surface area contributed by atoms with Crippen LogP contribution in [0.25, 0.3) is 0 Å². The number of ether oxygens (including phenoxy) is 4. The van der Waals surface area contributed by atoms with Crippen molar-refractivity contribution in [3.8, 4) is 28.7 Å². The summed E-state index contributed by atoms with van der Waals surface area (Å²) in [7, 11) is 4.74. The molecule has 3 aromatic carbocycles. The Balaban J connectivity index is 1.60. The fourth-order valence-corrected chi connectivity index (χ4v) is 5.30. The van der Waals surface area contributed by atoms with Gasteiger partial charge in [0.15, 0.2) is 28.8 Å². The lowest BCUT2D eigenvalue weighted by Gasteiger charge is -2.30. The number of Topliss-reactive ketones (excluding diaryl/α,β-unsaturated/α-hetero) is 1. The van der Waals surface area contributed by atoms with Crippen LogP contribution in [0, 0.1) is 0 Å². The zero-order valence-corrected chi connectivity index (χ0v) is 22.0. The first-order valence-corrected chi connectivity index (χ1v) is 12.6. The SMILES string of the molecule is CCOc1cc(C2Nc3ccccc3NC3=C2C(=O)CC(c2cc(OC)c(OC)c(OC)c2)C3)ccc1O. The number of para-hydroxylation sites is 2. The molecule has 0 saturated carbocycles. The number of phenolic OH excluding ortho intramolecular Hbond substituents is 1. The highest BCUT2D eigenvalue weighted by Crippen LogP contribution is 2.47. The quantitative estimate of drug-likeness (QED) is 0.363. The van der Waals surface area contributed by atoms with Crippen LogP contribution < -0.4 is 29.6 Å². The van der Waals surface area contributed by atoms with Gasteiger partial charge in [-0.25, -0.2) is 0 Å². The van der Waals surface area contributed by atoms with Crippen LogP contribution in [0.3, 0.4) is 0 Å². The Morgan fingerprint density at radius 3 is 2.21 bits per heavy atom. The maximum Gasteiger partial charge on any atom is 0.203 e. The predicted octanol–water partition coefficient (Wildman–Crippen LogP) is 5.80. The lowest BCUT2D eigenvalue weighted by molar-refractivity contribution is -0.116. The number of carbonyl (C=O) groups is 1. The molecule has 5 rings (SSSR count). The maximum atomic E-state index is 13.9. The minimum atomic E-state index is -0.422. The Morgan fingerprint density at radius 1 is 0.868 bits per heavy atom. The van der Waals surface area contributed by atoms with E-state index < -0.39 is 6.04 Å². The second-order valence-corrected chi connectivity index (χ2v) is 9.29. The summed E-state index contributed by atoms with van der Waals surface area (Å²) >= 11 is 0. The number of methoxy groups -OCH3 is 3. The highest BCUT2D eigenvalue weighted by molar-refractivity contribution is 6.01. The van der Waals surface area contributed by atoms with Crippen LogP contribution in [0.2, 0.25) is 0 Å². The summed E-state index contributed by atoms with van der Waals surface area (Å²) in [5, 5.41) is 17.4. The summed E-state index contributed by atoms with van der Waals surface area (Å²) in [4.78, 5) is 13.9. The molecule has 2 unspecified atom stereocenters. The molecule has 8 heteroatoms. The molecule has 3 N–H and O–H groups in total. The molecule has 0 aromatic heterocycles. The first kappa shape index (κ1) is 25.3. The Labute approximate surface area is 222 Å². The zero-order valence-electron chi connectivity index (χ0n) is 22.0. The van der Waals surface area contributed by atoms with E-state index in [1.807, 2.05) is 49.4 Å². The van der Waals surface area contributed by atoms with E-state index in [1.165, 1.54) is 0 Å². The van der Waals surface area contributed by atoms with Crippen LogP contribution in [0.5, 0.6) is 28.7 Å². The lowest BCUT2D eigenvalue weighted by atomic mass is 9.78. The standard InChI is InChI=1S/C30H32N2O6/c1-5-38-25-14-17(10-11-23(25)33)29-28-22(31-20-8-6-7-9-21(20)32-29)12-18(13-24(28)34)19-15-26(35-2)30(37-4)27(16-19)36-3/h6-11,14-16,18,29,31-33H,5,12-13H2,1-4H3. The number of allylic oxidation sites excluding steroid dienone is 1. The topological polar surface area (TPSA) is 98.3 Å². The summed E-state index contributed by atoms with van der Waals surface area (Å²) in [5.74, 6) is 2.03. The van der Waals surface area contributed by atoms with Crippen molar-refractivity contribution in [3.63, 3.8) is 0 Å². The molecule has 0 radical (unpaired) electrons. The van der Waals surface area contributed by atoms with Crippen LogP contribution in [-0.2, 0) is 4.79 Å². The molecular formula is C30H32N2O6. The molecule has 0 saturated heterocycles. The van der Waals surface area contributed by atoms with Gasteiger partial charge in [-0.1, -0.05) is 18.2 Å². The van der Waals surface area contributed by atoms with E-state index in [1.54, 1.807) is 33.5 Å². The Bertz CT molecular complexity index is 1370. The number of carbonyl (C=O) groups excluding carboxylic acids is 1. The molecule has 0 amide bonds. The van der Waals surface area contributed by atoms with Gasteiger partial charge in [0.25, 0.3) is 0 Å². The van der Waals surface area contributed by atoms with Crippen molar-refractivity contribution >= 4 is 17.2 Å². The third kappa shape index (κ3) is 4.58. The molecule has 1 aliphatic carbocycles. The summed E-state index contributed by atoms with van der Waals surface area (Å²) in [6.45, 7) is 2.29. The van der Waals surface area contributed by atoms with Crippen molar-refractivity contribution in [1.82, 2.24) is 0 Å².